The van der Waals surface area contributed by atoms with Gasteiger partial charge in [-0.05, 0) is 25.7 Å². The number of rotatable bonds is 15. The quantitative estimate of drug-likeness (QED) is 0.347. The highest BCUT2D eigenvalue weighted by atomic mass is 16.6. The van der Waals surface area contributed by atoms with Gasteiger partial charge < -0.3 is 14.6 Å². The van der Waals surface area contributed by atoms with E-state index in [4.69, 9.17) is 9.47 Å². The van der Waals surface area contributed by atoms with E-state index < -0.39 is 23.5 Å². The molecule has 0 saturated carbocycles. The van der Waals surface area contributed by atoms with E-state index >= 15 is 0 Å². The van der Waals surface area contributed by atoms with Crippen molar-refractivity contribution in [1.29, 1.82) is 0 Å². The van der Waals surface area contributed by atoms with Crippen LogP contribution in [0, 0.1) is 5.92 Å². The Bertz CT molecular complexity index is 369. The van der Waals surface area contributed by atoms with Crippen molar-refractivity contribution in [2.75, 3.05) is 13.2 Å². The summed E-state index contributed by atoms with van der Waals surface area (Å²) in [6, 6.07) is 0. The molecule has 0 saturated heterocycles. The molecular formula is C20H38O5. The van der Waals surface area contributed by atoms with Crippen molar-refractivity contribution in [3.63, 3.8) is 0 Å². The minimum atomic E-state index is -1.79. The average Bonchev–Trinajstić information content (AvgIpc) is 2.60. The van der Waals surface area contributed by atoms with E-state index in [1.165, 1.54) is 0 Å². The van der Waals surface area contributed by atoms with Gasteiger partial charge in [0.05, 0.1) is 19.1 Å². The molecule has 0 heterocycles. The van der Waals surface area contributed by atoms with E-state index in [-0.39, 0.29) is 13.0 Å². The summed E-state index contributed by atoms with van der Waals surface area (Å²) in [5, 5.41) is 11.1. The van der Waals surface area contributed by atoms with E-state index in [1.54, 1.807) is 0 Å². The van der Waals surface area contributed by atoms with Crippen molar-refractivity contribution in [3.8, 4) is 0 Å². The molecule has 2 unspecified atom stereocenters. The van der Waals surface area contributed by atoms with Crippen LogP contribution < -0.4 is 0 Å². The van der Waals surface area contributed by atoms with Gasteiger partial charge in [-0.1, -0.05) is 66.2 Å². The summed E-state index contributed by atoms with van der Waals surface area (Å²) >= 11 is 0. The number of carbonyl (C=O) groups excluding carboxylic acids is 2. The molecule has 0 spiro atoms. The molecule has 0 amide bonds. The van der Waals surface area contributed by atoms with E-state index in [2.05, 4.69) is 0 Å². The molecule has 0 aromatic rings. The van der Waals surface area contributed by atoms with Gasteiger partial charge in [0, 0.05) is 0 Å². The molecule has 0 bridgehead atoms. The zero-order chi connectivity index (χ0) is 19.1. The van der Waals surface area contributed by atoms with Crippen LogP contribution in [0.25, 0.3) is 0 Å². The Labute approximate surface area is 153 Å². The lowest BCUT2D eigenvalue weighted by Crippen LogP contribution is -2.51. The van der Waals surface area contributed by atoms with Crippen LogP contribution in [0.15, 0.2) is 0 Å². The fourth-order valence-corrected chi connectivity index (χ4v) is 2.68. The van der Waals surface area contributed by atoms with Crippen LogP contribution in [0.3, 0.4) is 0 Å². The second-order valence-electron chi connectivity index (χ2n) is 6.73. The summed E-state index contributed by atoms with van der Waals surface area (Å²) in [7, 11) is 0. The Morgan fingerprint density at radius 3 is 1.88 bits per heavy atom. The van der Waals surface area contributed by atoms with Crippen molar-refractivity contribution in [1.82, 2.24) is 0 Å². The topological polar surface area (TPSA) is 72.8 Å². The molecule has 5 heteroatoms. The summed E-state index contributed by atoms with van der Waals surface area (Å²) in [5.74, 6) is -2.01. The normalized spacial score (nSPS) is 14.6. The van der Waals surface area contributed by atoms with Crippen molar-refractivity contribution < 1.29 is 24.2 Å². The second kappa shape index (κ2) is 14.1. The summed E-state index contributed by atoms with van der Waals surface area (Å²) in [6.07, 6.45) is 7.13. The van der Waals surface area contributed by atoms with Gasteiger partial charge >= 0.3 is 11.9 Å². The minimum absolute atomic E-state index is 0.228. The van der Waals surface area contributed by atoms with Gasteiger partial charge in [0.1, 0.15) is 0 Å². The number of unbranched alkanes of at least 4 members (excludes halogenated alkanes) is 4. The third-order valence-electron chi connectivity index (χ3n) is 4.45. The van der Waals surface area contributed by atoms with Crippen molar-refractivity contribution in [2.24, 2.45) is 5.92 Å². The summed E-state index contributed by atoms with van der Waals surface area (Å²) < 4.78 is 10.6. The maximum absolute atomic E-state index is 12.6. The van der Waals surface area contributed by atoms with E-state index in [1.807, 2.05) is 27.7 Å². The average molecular weight is 359 g/mol. The van der Waals surface area contributed by atoms with Gasteiger partial charge in [0.25, 0.3) is 0 Å². The molecule has 0 fully saturated rings. The Morgan fingerprint density at radius 2 is 1.36 bits per heavy atom. The van der Waals surface area contributed by atoms with Crippen molar-refractivity contribution in [2.45, 2.75) is 97.5 Å². The highest BCUT2D eigenvalue weighted by molar-refractivity contribution is 5.87. The van der Waals surface area contributed by atoms with Crippen LogP contribution in [0.5, 0.6) is 0 Å². The largest absolute Gasteiger partial charge is 0.465 e. The number of esters is 2. The smallest absolute Gasteiger partial charge is 0.339 e. The Balaban J connectivity index is 5.27. The van der Waals surface area contributed by atoms with Gasteiger partial charge in [-0.15, -0.1) is 0 Å². The fraction of sp³-hybridized carbons (Fsp3) is 0.900. The second-order valence-corrected chi connectivity index (χ2v) is 6.73. The molecule has 2 atom stereocenters. The lowest BCUT2D eigenvalue weighted by Gasteiger charge is -2.33. The predicted octanol–water partition coefficient (Wildman–Crippen LogP) is 4.40. The van der Waals surface area contributed by atoms with Crippen LogP contribution in [-0.2, 0) is 19.1 Å². The first-order chi connectivity index (χ1) is 12.0. The lowest BCUT2D eigenvalue weighted by atomic mass is 9.80. The van der Waals surface area contributed by atoms with Crippen LogP contribution in [-0.4, -0.2) is 35.9 Å². The number of ether oxygens (including phenoxy) is 2. The molecule has 0 rings (SSSR count). The highest BCUT2D eigenvalue weighted by Gasteiger charge is 2.48. The molecule has 0 aromatic heterocycles. The molecule has 0 aliphatic heterocycles. The molecule has 0 radical (unpaired) electrons. The minimum Gasteiger partial charge on any atom is -0.465 e. The number of hydrogen-bond donors (Lipinski definition) is 1. The van der Waals surface area contributed by atoms with E-state index in [9.17, 15) is 14.7 Å². The lowest BCUT2D eigenvalue weighted by molar-refractivity contribution is -0.183. The SMILES string of the molecule is CCCCOC(=O)C(CCCC)C(O)(CCCC)C(=O)OCCCC. The molecule has 1 N–H and O–H groups in total. The first kappa shape index (κ1) is 23.9. The zero-order valence-corrected chi connectivity index (χ0v) is 16.6. The first-order valence-electron chi connectivity index (χ1n) is 10.0. The molecule has 0 aromatic carbocycles. The number of hydrogen-bond acceptors (Lipinski definition) is 5. The maximum atomic E-state index is 12.6. The fourth-order valence-electron chi connectivity index (χ4n) is 2.68. The maximum Gasteiger partial charge on any atom is 0.339 e. The van der Waals surface area contributed by atoms with Gasteiger partial charge in [-0.2, -0.15) is 0 Å². The zero-order valence-electron chi connectivity index (χ0n) is 16.6. The third kappa shape index (κ3) is 8.70. The third-order valence-corrected chi connectivity index (χ3v) is 4.45. The monoisotopic (exact) mass is 358 g/mol. The highest BCUT2D eigenvalue weighted by Crippen LogP contribution is 2.31. The van der Waals surface area contributed by atoms with Gasteiger partial charge in [-0.3, -0.25) is 4.79 Å². The Kier molecular flexibility index (Phi) is 13.5. The molecular weight excluding hydrogens is 320 g/mol. The van der Waals surface area contributed by atoms with E-state index in [0.29, 0.717) is 19.4 Å². The molecule has 148 valence electrons. The number of carbonyl (C=O) groups is 2. The van der Waals surface area contributed by atoms with Gasteiger partial charge in [0.2, 0.25) is 0 Å². The Hall–Kier alpha value is -1.10. The van der Waals surface area contributed by atoms with Crippen LogP contribution in [0.4, 0.5) is 0 Å². The standard InChI is InChI=1S/C20H38O5/c1-5-9-13-17(18(21)24-15-11-7-3)20(23,14-10-6-2)19(22)25-16-12-8-4/h17,23H,5-16H2,1-4H3. The van der Waals surface area contributed by atoms with Crippen molar-refractivity contribution in [3.05, 3.63) is 0 Å². The van der Waals surface area contributed by atoms with Gasteiger partial charge in [-0.25, -0.2) is 4.79 Å². The van der Waals surface area contributed by atoms with Crippen molar-refractivity contribution >= 4 is 11.9 Å². The molecule has 25 heavy (non-hydrogen) atoms. The molecule has 5 nitrogen and oxygen atoms in total. The van der Waals surface area contributed by atoms with E-state index in [0.717, 1.165) is 44.9 Å². The summed E-state index contributed by atoms with van der Waals surface area (Å²) in [5.41, 5.74) is -1.79. The van der Waals surface area contributed by atoms with Gasteiger partial charge in [0.15, 0.2) is 5.60 Å². The summed E-state index contributed by atoms with van der Waals surface area (Å²) in [6.45, 7) is 8.63. The molecule has 0 aliphatic carbocycles. The predicted molar refractivity (Wildman–Crippen MR) is 99.2 cm³/mol. The first-order valence-corrected chi connectivity index (χ1v) is 10.0. The Morgan fingerprint density at radius 1 is 0.840 bits per heavy atom. The van der Waals surface area contributed by atoms with Crippen LogP contribution >= 0.6 is 0 Å². The van der Waals surface area contributed by atoms with Crippen LogP contribution in [0.2, 0.25) is 0 Å². The number of aliphatic hydroxyl groups is 1. The molecule has 0 aliphatic rings. The summed E-state index contributed by atoms with van der Waals surface area (Å²) in [4.78, 5) is 25.2. The van der Waals surface area contributed by atoms with Crippen LogP contribution in [0.1, 0.15) is 91.9 Å².